The predicted octanol–water partition coefficient (Wildman–Crippen LogP) is 4.20. The van der Waals surface area contributed by atoms with Crippen LogP contribution >= 0.6 is 15.9 Å². The Morgan fingerprint density at radius 3 is 2.54 bits per heavy atom. The maximum Gasteiger partial charge on any atom is 0.407 e. The van der Waals surface area contributed by atoms with Gasteiger partial charge in [-0.3, -0.25) is 4.79 Å². The van der Waals surface area contributed by atoms with Crippen LogP contribution in [0, 0.1) is 6.92 Å². The number of benzene rings is 2. The number of carboxylic acids is 1. The number of nitrogens with one attached hydrogen (secondary N) is 1. The highest BCUT2D eigenvalue weighted by Crippen LogP contribution is 2.24. The minimum Gasteiger partial charge on any atom is -0.481 e. The lowest BCUT2D eigenvalue weighted by molar-refractivity contribution is -0.137. The summed E-state index contributed by atoms with van der Waals surface area (Å²) in [5, 5.41) is 11.7. The number of carbonyl (C=O) groups excluding carboxylic acids is 1. The third-order valence-electron chi connectivity index (χ3n) is 3.49. The zero-order valence-electron chi connectivity index (χ0n) is 13.2. The van der Waals surface area contributed by atoms with Crippen LogP contribution in [0.1, 0.15) is 29.2 Å². The van der Waals surface area contributed by atoms with Gasteiger partial charge in [-0.2, -0.15) is 0 Å². The molecule has 0 saturated carbocycles. The van der Waals surface area contributed by atoms with E-state index in [4.69, 9.17) is 9.84 Å². The second kappa shape index (κ2) is 8.49. The number of aryl methyl sites for hydroxylation is 1. The van der Waals surface area contributed by atoms with Crippen LogP contribution in [-0.2, 0) is 16.1 Å². The van der Waals surface area contributed by atoms with Crippen LogP contribution in [0.3, 0.4) is 0 Å². The van der Waals surface area contributed by atoms with Crippen LogP contribution in [0.4, 0.5) is 4.79 Å². The van der Waals surface area contributed by atoms with Crippen LogP contribution in [0.5, 0.6) is 0 Å². The molecule has 1 amide bonds. The van der Waals surface area contributed by atoms with Crippen LogP contribution in [0.15, 0.2) is 53.0 Å². The van der Waals surface area contributed by atoms with E-state index in [2.05, 4.69) is 21.2 Å². The quantitative estimate of drug-likeness (QED) is 0.773. The molecule has 0 aliphatic heterocycles. The third kappa shape index (κ3) is 5.38. The fraction of sp³-hybridized carbons (Fsp3) is 0.222. The Kier molecular flexibility index (Phi) is 6.37. The number of carbonyl (C=O) groups is 2. The standard InChI is InChI=1S/C18H18BrNO4/c1-12-9-14(19)7-8-15(12)16(10-17(21)22)20-18(23)24-11-13-5-3-2-4-6-13/h2-9,16H,10-11H2,1H3,(H,20,23)(H,21,22)/t16-/m0/s1. The number of amides is 1. The normalized spacial score (nSPS) is 11.6. The molecule has 2 aromatic rings. The minimum atomic E-state index is -0.995. The van der Waals surface area contributed by atoms with E-state index in [-0.39, 0.29) is 13.0 Å². The lowest BCUT2D eigenvalue weighted by Crippen LogP contribution is -2.31. The van der Waals surface area contributed by atoms with Crippen LogP contribution in [-0.4, -0.2) is 17.2 Å². The number of rotatable bonds is 6. The van der Waals surface area contributed by atoms with Crippen molar-refractivity contribution in [3.63, 3.8) is 0 Å². The molecule has 6 heteroatoms. The monoisotopic (exact) mass is 391 g/mol. The van der Waals surface area contributed by atoms with Gasteiger partial charge < -0.3 is 15.2 Å². The van der Waals surface area contributed by atoms with E-state index in [1.165, 1.54) is 0 Å². The van der Waals surface area contributed by atoms with Gasteiger partial charge >= 0.3 is 12.1 Å². The maximum atomic E-state index is 12.0. The van der Waals surface area contributed by atoms with E-state index in [1.807, 2.05) is 49.4 Å². The van der Waals surface area contributed by atoms with E-state index < -0.39 is 18.1 Å². The summed E-state index contributed by atoms with van der Waals surface area (Å²) >= 11 is 3.37. The molecule has 0 saturated heterocycles. The second-order valence-electron chi connectivity index (χ2n) is 5.36. The summed E-state index contributed by atoms with van der Waals surface area (Å²) < 4.78 is 6.07. The van der Waals surface area contributed by atoms with Gasteiger partial charge in [0.15, 0.2) is 0 Å². The second-order valence-corrected chi connectivity index (χ2v) is 6.27. The molecule has 0 spiro atoms. The SMILES string of the molecule is Cc1cc(Br)ccc1[C@H](CC(=O)O)NC(=O)OCc1ccccc1. The molecule has 126 valence electrons. The Morgan fingerprint density at radius 2 is 1.92 bits per heavy atom. The highest BCUT2D eigenvalue weighted by Gasteiger charge is 2.20. The number of hydrogen-bond acceptors (Lipinski definition) is 3. The summed E-state index contributed by atoms with van der Waals surface area (Å²) in [6.07, 6.45) is -0.865. The van der Waals surface area contributed by atoms with E-state index in [0.717, 1.165) is 21.2 Å². The van der Waals surface area contributed by atoms with Crippen molar-refractivity contribution in [2.45, 2.75) is 26.0 Å². The number of alkyl carbamates (subject to hydrolysis) is 1. The van der Waals surface area contributed by atoms with Crippen LogP contribution in [0.25, 0.3) is 0 Å². The average Bonchev–Trinajstić information content (AvgIpc) is 2.53. The first-order valence-electron chi connectivity index (χ1n) is 7.41. The van der Waals surface area contributed by atoms with Gasteiger partial charge in [0.1, 0.15) is 6.61 Å². The lowest BCUT2D eigenvalue weighted by Gasteiger charge is -2.19. The first-order chi connectivity index (χ1) is 11.5. The fourth-order valence-corrected chi connectivity index (χ4v) is 2.83. The number of ether oxygens (including phenoxy) is 1. The molecular formula is C18H18BrNO4. The molecule has 2 N–H and O–H groups in total. The Hall–Kier alpha value is -2.34. The molecule has 0 aliphatic carbocycles. The Morgan fingerprint density at radius 1 is 1.21 bits per heavy atom. The maximum absolute atomic E-state index is 12.0. The van der Waals surface area contributed by atoms with Crippen molar-refractivity contribution in [1.29, 1.82) is 0 Å². The molecule has 0 bridgehead atoms. The molecule has 0 radical (unpaired) electrons. The smallest absolute Gasteiger partial charge is 0.407 e. The van der Waals surface area contributed by atoms with Crippen molar-refractivity contribution >= 4 is 28.0 Å². The zero-order valence-corrected chi connectivity index (χ0v) is 14.7. The van der Waals surface area contributed by atoms with Crippen LogP contribution in [0.2, 0.25) is 0 Å². The predicted molar refractivity (Wildman–Crippen MR) is 93.6 cm³/mol. The fourth-order valence-electron chi connectivity index (χ4n) is 2.35. The van der Waals surface area contributed by atoms with Gasteiger partial charge in [-0.25, -0.2) is 4.79 Å². The van der Waals surface area contributed by atoms with E-state index in [0.29, 0.717) is 0 Å². The molecule has 24 heavy (non-hydrogen) atoms. The largest absolute Gasteiger partial charge is 0.481 e. The number of carboxylic acid groups (broad SMARTS) is 1. The molecule has 0 aliphatic rings. The van der Waals surface area contributed by atoms with Gasteiger partial charge in [0, 0.05) is 4.47 Å². The lowest BCUT2D eigenvalue weighted by atomic mass is 9.99. The Bertz CT molecular complexity index is 718. The summed E-state index contributed by atoms with van der Waals surface area (Å²) in [4.78, 5) is 23.1. The molecule has 0 heterocycles. The van der Waals surface area contributed by atoms with Crippen molar-refractivity contribution in [2.75, 3.05) is 0 Å². The summed E-state index contributed by atoms with van der Waals surface area (Å²) in [7, 11) is 0. The van der Waals surface area contributed by atoms with Gasteiger partial charge in [-0.15, -0.1) is 0 Å². The molecule has 0 fully saturated rings. The molecule has 0 unspecified atom stereocenters. The number of halogens is 1. The van der Waals surface area contributed by atoms with Crippen molar-refractivity contribution in [2.24, 2.45) is 0 Å². The van der Waals surface area contributed by atoms with Crippen molar-refractivity contribution in [1.82, 2.24) is 5.32 Å². The van der Waals surface area contributed by atoms with Gasteiger partial charge in [0.05, 0.1) is 12.5 Å². The molecule has 2 rings (SSSR count). The summed E-state index contributed by atoms with van der Waals surface area (Å²) in [5.74, 6) is -0.995. The topological polar surface area (TPSA) is 75.6 Å². The Balaban J connectivity index is 2.05. The van der Waals surface area contributed by atoms with Crippen molar-refractivity contribution < 1.29 is 19.4 Å². The first kappa shape index (κ1) is 18.0. The first-order valence-corrected chi connectivity index (χ1v) is 8.20. The average molecular weight is 392 g/mol. The van der Waals surface area contributed by atoms with Crippen molar-refractivity contribution in [3.8, 4) is 0 Å². The third-order valence-corrected chi connectivity index (χ3v) is 3.98. The highest BCUT2D eigenvalue weighted by atomic mass is 79.9. The number of hydrogen-bond donors (Lipinski definition) is 2. The molecule has 0 aromatic heterocycles. The minimum absolute atomic E-state index is 0.131. The van der Waals surface area contributed by atoms with Gasteiger partial charge in [-0.05, 0) is 35.7 Å². The van der Waals surface area contributed by atoms with Crippen molar-refractivity contribution in [3.05, 3.63) is 69.7 Å². The summed E-state index contributed by atoms with van der Waals surface area (Å²) in [6, 6.07) is 14.1. The highest BCUT2D eigenvalue weighted by molar-refractivity contribution is 9.10. The van der Waals surface area contributed by atoms with E-state index in [9.17, 15) is 9.59 Å². The van der Waals surface area contributed by atoms with Crippen LogP contribution < -0.4 is 5.32 Å². The molecule has 2 aromatic carbocycles. The molecule has 1 atom stereocenters. The molecule has 5 nitrogen and oxygen atoms in total. The van der Waals surface area contributed by atoms with Gasteiger partial charge in [0.25, 0.3) is 0 Å². The zero-order chi connectivity index (χ0) is 17.5. The summed E-state index contributed by atoms with van der Waals surface area (Å²) in [6.45, 7) is 2.00. The van der Waals surface area contributed by atoms with Gasteiger partial charge in [-0.1, -0.05) is 52.3 Å². The number of aliphatic carboxylic acids is 1. The summed E-state index contributed by atoms with van der Waals surface area (Å²) in [5.41, 5.74) is 2.50. The van der Waals surface area contributed by atoms with E-state index >= 15 is 0 Å². The van der Waals surface area contributed by atoms with E-state index in [1.54, 1.807) is 6.07 Å². The van der Waals surface area contributed by atoms with Gasteiger partial charge in [0.2, 0.25) is 0 Å². The Labute approximate surface area is 148 Å². The molecular weight excluding hydrogens is 374 g/mol.